The Balaban J connectivity index is 1.62. The first-order chi connectivity index (χ1) is 13.7. The van der Waals surface area contributed by atoms with Crippen molar-refractivity contribution in [1.29, 1.82) is 0 Å². The molecule has 0 radical (unpaired) electrons. The predicted molar refractivity (Wildman–Crippen MR) is 111 cm³/mol. The summed E-state index contributed by atoms with van der Waals surface area (Å²) in [7, 11) is 1.64. The number of amides is 1. The van der Waals surface area contributed by atoms with E-state index in [2.05, 4.69) is 0 Å². The van der Waals surface area contributed by atoms with E-state index in [4.69, 9.17) is 14.1 Å². The maximum Gasteiger partial charge on any atom is 0.229 e. The number of rotatable bonds is 7. The molecule has 0 aliphatic rings. The lowest BCUT2D eigenvalue weighted by Crippen LogP contribution is -2.30. The van der Waals surface area contributed by atoms with Crippen molar-refractivity contribution in [3.8, 4) is 5.75 Å². The van der Waals surface area contributed by atoms with Crippen molar-refractivity contribution >= 4 is 32.6 Å². The number of aryl methyl sites for hydroxylation is 1. The quantitative estimate of drug-likeness (QED) is 0.441. The van der Waals surface area contributed by atoms with E-state index in [1.54, 1.807) is 18.3 Å². The molecule has 0 spiro atoms. The number of thiazole rings is 1. The first kappa shape index (κ1) is 18.3. The molecule has 2 aromatic heterocycles. The van der Waals surface area contributed by atoms with E-state index in [0.717, 1.165) is 27.3 Å². The summed E-state index contributed by atoms with van der Waals surface area (Å²) in [6.45, 7) is 0.481. The van der Waals surface area contributed by atoms with Crippen LogP contribution >= 0.6 is 11.3 Å². The van der Waals surface area contributed by atoms with Gasteiger partial charge in [0, 0.05) is 12.8 Å². The van der Waals surface area contributed by atoms with Crippen LogP contribution in [0.1, 0.15) is 17.7 Å². The van der Waals surface area contributed by atoms with Crippen LogP contribution in [0, 0.1) is 0 Å². The second kappa shape index (κ2) is 8.27. The molecule has 0 bridgehead atoms. The van der Waals surface area contributed by atoms with Crippen LogP contribution in [0.2, 0.25) is 0 Å². The zero-order valence-corrected chi connectivity index (χ0v) is 16.3. The zero-order valence-electron chi connectivity index (χ0n) is 15.5. The highest BCUT2D eigenvalue weighted by Crippen LogP contribution is 2.32. The lowest BCUT2D eigenvalue weighted by molar-refractivity contribution is -0.118. The number of aromatic nitrogens is 1. The lowest BCUT2D eigenvalue weighted by atomic mass is 10.2. The molecule has 0 fully saturated rings. The van der Waals surface area contributed by atoms with Crippen molar-refractivity contribution in [1.82, 2.24) is 4.98 Å². The highest BCUT2D eigenvalue weighted by molar-refractivity contribution is 7.22. The van der Waals surface area contributed by atoms with Crippen LogP contribution in [0.3, 0.4) is 0 Å². The van der Waals surface area contributed by atoms with Crippen LogP contribution in [-0.2, 0) is 17.8 Å². The van der Waals surface area contributed by atoms with Crippen LogP contribution in [0.15, 0.2) is 71.3 Å². The Morgan fingerprint density at radius 1 is 1.14 bits per heavy atom. The number of benzene rings is 2. The Labute approximate surface area is 167 Å². The molecule has 5 nitrogen and oxygen atoms in total. The van der Waals surface area contributed by atoms with Gasteiger partial charge in [0.25, 0.3) is 0 Å². The topological polar surface area (TPSA) is 55.6 Å². The molecule has 0 N–H and O–H groups in total. The number of hydrogen-bond acceptors (Lipinski definition) is 5. The van der Waals surface area contributed by atoms with Crippen molar-refractivity contribution in [2.45, 2.75) is 19.4 Å². The smallest absolute Gasteiger partial charge is 0.229 e. The SMILES string of the molecule is COc1ccc2nc(N(Cc3ccccc3)C(=O)CCc3ccco3)sc2c1. The Kier molecular flexibility index (Phi) is 5.39. The van der Waals surface area contributed by atoms with Gasteiger partial charge in [-0.15, -0.1) is 0 Å². The summed E-state index contributed by atoms with van der Waals surface area (Å²) in [5, 5.41) is 0.691. The van der Waals surface area contributed by atoms with Crippen LogP contribution in [0.5, 0.6) is 5.75 Å². The van der Waals surface area contributed by atoms with Gasteiger partial charge in [-0.2, -0.15) is 0 Å². The number of anilines is 1. The minimum absolute atomic E-state index is 0.0197. The van der Waals surface area contributed by atoms with Crippen molar-refractivity contribution in [3.63, 3.8) is 0 Å². The van der Waals surface area contributed by atoms with E-state index in [0.29, 0.717) is 24.5 Å². The molecular formula is C22H20N2O3S. The summed E-state index contributed by atoms with van der Waals surface area (Å²) in [6.07, 6.45) is 2.55. The van der Waals surface area contributed by atoms with Crippen molar-refractivity contribution in [2.75, 3.05) is 12.0 Å². The molecule has 0 aliphatic carbocycles. The van der Waals surface area contributed by atoms with Crippen molar-refractivity contribution < 1.29 is 13.9 Å². The summed E-state index contributed by atoms with van der Waals surface area (Å²) in [6, 6.07) is 19.4. The molecule has 0 saturated heterocycles. The lowest BCUT2D eigenvalue weighted by Gasteiger charge is -2.20. The molecule has 2 aromatic carbocycles. The Bertz CT molecular complexity index is 1060. The molecule has 0 aliphatic heterocycles. The van der Waals surface area contributed by atoms with Crippen LogP contribution < -0.4 is 9.64 Å². The van der Waals surface area contributed by atoms with Gasteiger partial charge >= 0.3 is 0 Å². The number of fused-ring (bicyclic) bond motifs is 1. The van der Waals surface area contributed by atoms with Crippen molar-refractivity contribution in [3.05, 3.63) is 78.3 Å². The third kappa shape index (κ3) is 4.07. The van der Waals surface area contributed by atoms with Crippen LogP contribution in [-0.4, -0.2) is 18.0 Å². The van der Waals surface area contributed by atoms with E-state index < -0.39 is 0 Å². The van der Waals surface area contributed by atoms with Crippen LogP contribution in [0.25, 0.3) is 10.2 Å². The first-order valence-electron chi connectivity index (χ1n) is 9.04. The van der Waals surface area contributed by atoms with Gasteiger partial charge < -0.3 is 9.15 Å². The molecule has 1 amide bonds. The zero-order chi connectivity index (χ0) is 19.3. The normalized spacial score (nSPS) is 10.9. The number of ether oxygens (including phenoxy) is 1. The third-order valence-corrected chi connectivity index (χ3v) is 5.51. The monoisotopic (exact) mass is 392 g/mol. The molecule has 6 heteroatoms. The molecule has 4 rings (SSSR count). The second-order valence-corrected chi connectivity index (χ2v) is 7.38. The molecule has 28 heavy (non-hydrogen) atoms. The van der Waals surface area contributed by atoms with Gasteiger partial charge in [0.15, 0.2) is 5.13 Å². The number of hydrogen-bond donors (Lipinski definition) is 0. The summed E-state index contributed by atoms with van der Waals surface area (Å²) in [4.78, 5) is 19.5. The summed E-state index contributed by atoms with van der Waals surface area (Å²) >= 11 is 1.50. The van der Waals surface area contributed by atoms with E-state index in [1.165, 1.54) is 11.3 Å². The Hall–Kier alpha value is -3.12. The maximum absolute atomic E-state index is 13.1. The van der Waals surface area contributed by atoms with E-state index >= 15 is 0 Å². The molecule has 0 saturated carbocycles. The molecular weight excluding hydrogens is 372 g/mol. The van der Waals surface area contributed by atoms with Gasteiger partial charge in [0.2, 0.25) is 5.91 Å². The van der Waals surface area contributed by atoms with E-state index in [-0.39, 0.29) is 5.91 Å². The minimum atomic E-state index is 0.0197. The largest absolute Gasteiger partial charge is 0.497 e. The Morgan fingerprint density at radius 3 is 2.75 bits per heavy atom. The molecule has 142 valence electrons. The summed E-state index contributed by atoms with van der Waals surface area (Å²) < 4.78 is 11.7. The van der Waals surface area contributed by atoms with Gasteiger partial charge in [-0.3, -0.25) is 9.69 Å². The second-order valence-electron chi connectivity index (χ2n) is 6.37. The fourth-order valence-electron chi connectivity index (χ4n) is 2.98. The third-order valence-electron chi connectivity index (χ3n) is 4.47. The van der Waals surface area contributed by atoms with Crippen molar-refractivity contribution in [2.24, 2.45) is 0 Å². The van der Waals surface area contributed by atoms with Crippen LogP contribution in [0.4, 0.5) is 5.13 Å². The maximum atomic E-state index is 13.1. The summed E-state index contributed by atoms with van der Waals surface area (Å²) in [5.74, 6) is 1.61. The molecule has 4 aromatic rings. The molecule has 0 unspecified atom stereocenters. The Morgan fingerprint density at radius 2 is 2.00 bits per heavy atom. The van der Waals surface area contributed by atoms with E-state index in [9.17, 15) is 4.79 Å². The highest BCUT2D eigenvalue weighted by atomic mass is 32.1. The van der Waals surface area contributed by atoms with Gasteiger partial charge in [-0.1, -0.05) is 41.7 Å². The standard InChI is InChI=1S/C22H20N2O3S/c1-26-18-9-11-19-20(14-18)28-22(23-19)24(15-16-6-3-2-4-7-16)21(25)12-10-17-8-5-13-27-17/h2-9,11,13-14H,10,12,15H2,1H3. The fraction of sp³-hybridized carbons (Fsp3) is 0.182. The first-order valence-corrected chi connectivity index (χ1v) is 9.86. The average Bonchev–Trinajstić information content (AvgIpc) is 3.39. The number of methoxy groups -OCH3 is 1. The number of carbonyl (C=O) groups excluding carboxylic acids is 1. The number of nitrogens with zero attached hydrogens (tertiary/aromatic N) is 2. The van der Waals surface area contributed by atoms with E-state index in [1.807, 2.05) is 60.7 Å². The number of carbonyl (C=O) groups is 1. The van der Waals surface area contributed by atoms with Gasteiger partial charge in [0.05, 0.1) is 30.1 Å². The highest BCUT2D eigenvalue weighted by Gasteiger charge is 2.20. The average molecular weight is 392 g/mol. The van der Waals surface area contributed by atoms with Gasteiger partial charge in [-0.25, -0.2) is 4.98 Å². The molecule has 2 heterocycles. The predicted octanol–water partition coefficient (Wildman–Crippen LogP) is 5.06. The fourth-order valence-corrected chi connectivity index (χ4v) is 3.99. The minimum Gasteiger partial charge on any atom is -0.497 e. The van der Waals surface area contributed by atoms with Gasteiger partial charge in [-0.05, 0) is 35.9 Å². The summed E-state index contributed by atoms with van der Waals surface area (Å²) in [5.41, 5.74) is 1.92. The van der Waals surface area contributed by atoms with Gasteiger partial charge in [0.1, 0.15) is 11.5 Å². The molecule has 0 atom stereocenters. The number of furan rings is 1.